The molecule has 0 spiro atoms. The third-order valence-corrected chi connectivity index (χ3v) is 3.48. The second-order valence-electron chi connectivity index (χ2n) is 5.40. The SMILES string of the molecule is CC(=O)N(C)c1ccc(NCC(=O)Nc2cccc(C)c2)cc1. The monoisotopic (exact) mass is 311 g/mol. The minimum absolute atomic E-state index is 0.0248. The van der Waals surface area contributed by atoms with E-state index in [1.807, 2.05) is 55.5 Å². The average Bonchev–Trinajstić information content (AvgIpc) is 2.52. The second-order valence-corrected chi connectivity index (χ2v) is 5.40. The molecule has 0 unspecified atom stereocenters. The van der Waals surface area contributed by atoms with Crippen LogP contribution in [-0.2, 0) is 9.59 Å². The molecule has 2 rings (SSSR count). The van der Waals surface area contributed by atoms with Gasteiger partial charge in [-0.3, -0.25) is 9.59 Å². The number of hydrogen-bond acceptors (Lipinski definition) is 3. The van der Waals surface area contributed by atoms with Crippen LogP contribution in [0.25, 0.3) is 0 Å². The standard InChI is InChI=1S/C18H21N3O2/c1-13-5-4-6-16(11-13)20-18(23)12-19-15-7-9-17(10-8-15)21(3)14(2)22/h4-11,19H,12H2,1-3H3,(H,20,23). The van der Waals surface area contributed by atoms with E-state index in [1.165, 1.54) is 6.92 Å². The molecule has 0 fully saturated rings. The van der Waals surface area contributed by atoms with E-state index in [4.69, 9.17) is 0 Å². The van der Waals surface area contributed by atoms with Crippen LogP contribution in [0, 0.1) is 6.92 Å². The maximum absolute atomic E-state index is 11.9. The molecule has 5 nitrogen and oxygen atoms in total. The fraction of sp³-hybridized carbons (Fsp3) is 0.222. The fourth-order valence-electron chi connectivity index (χ4n) is 2.10. The number of nitrogens with zero attached hydrogens (tertiary/aromatic N) is 1. The van der Waals surface area contributed by atoms with Crippen molar-refractivity contribution in [2.75, 3.05) is 29.1 Å². The number of carbonyl (C=O) groups is 2. The zero-order valence-electron chi connectivity index (χ0n) is 13.6. The van der Waals surface area contributed by atoms with E-state index < -0.39 is 0 Å². The topological polar surface area (TPSA) is 61.4 Å². The number of amides is 2. The molecule has 0 aliphatic rings. The molecule has 0 bridgehead atoms. The maximum atomic E-state index is 11.9. The summed E-state index contributed by atoms with van der Waals surface area (Å²) in [7, 11) is 1.72. The lowest BCUT2D eigenvalue weighted by Gasteiger charge is -2.15. The number of benzene rings is 2. The summed E-state index contributed by atoms with van der Waals surface area (Å²) >= 11 is 0. The van der Waals surface area contributed by atoms with Gasteiger partial charge in [-0.15, -0.1) is 0 Å². The van der Waals surface area contributed by atoms with E-state index >= 15 is 0 Å². The third kappa shape index (κ3) is 4.85. The molecule has 0 aliphatic heterocycles. The Hall–Kier alpha value is -2.82. The molecule has 2 N–H and O–H groups in total. The molecule has 0 saturated heterocycles. The summed E-state index contributed by atoms with van der Waals surface area (Å²) < 4.78 is 0. The Balaban J connectivity index is 1.88. The van der Waals surface area contributed by atoms with Crippen LogP contribution in [0.3, 0.4) is 0 Å². The zero-order valence-corrected chi connectivity index (χ0v) is 13.6. The first kappa shape index (κ1) is 16.5. The molecule has 120 valence electrons. The number of rotatable bonds is 5. The number of carbonyl (C=O) groups excluding carboxylic acids is 2. The van der Waals surface area contributed by atoms with Gasteiger partial charge in [0.15, 0.2) is 0 Å². The largest absolute Gasteiger partial charge is 0.376 e. The molecule has 0 radical (unpaired) electrons. The Morgan fingerprint density at radius 3 is 2.35 bits per heavy atom. The van der Waals surface area contributed by atoms with Crippen molar-refractivity contribution in [1.82, 2.24) is 0 Å². The highest BCUT2D eigenvalue weighted by Gasteiger charge is 2.06. The minimum Gasteiger partial charge on any atom is -0.376 e. The number of hydrogen-bond donors (Lipinski definition) is 2. The molecular weight excluding hydrogens is 290 g/mol. The van der Waals surface area contributed by atoms with Crippen LogP contribution in [0.2, 0.25) is 0 Å². The van der Waals surface area contributed by atoms with E-state index in [0.717, 1.165) is 22.6 Å². The van der Waals surface area contributed by atoms with Gasteiger partial charge in [0.1, 0.15) is 0 Å². The van der Waals surface area contributed by atoms with Gasteiger partial charge in [-0.05, 0) is 48.9 Å². The normalized spacial score (nSPS) is 10.0. The fourth-order valence-corrected chi connectivity index (χ4v) is 2.10. The van der Waals surface area contributed by atoms with Gasteiger partial charge in [0.25, 0.3) is 0 Å². The number of anilines is 3. The first-order valence-electron chi connectivity index (χ1n) is 7.40. The lowest BCUT2D eigenvalue weighted by molar-refractivity contribution is -0.116. The van der Waals surface area contributed by atoms with E-state index in [-0.39, 0.29) is 18.4 Å². The van der Waals surface area contributed by atoms with Gasteiger partial charge < -0.3 is 15.5 Å². The summed E-state index contributed by atoms with van der Waals surface area (Å²) in [6.07, 6.45) is 0. The van der Waals surface area contributed by atoms with Crippen LogP contribution in [0.4, 0.5) is 17.1 Å². The van der Waals surface area contributed by atoms with Crippen LogP contribution in [0.1, 0.15) is 12.5 Å². The summed E-state index contributed by atoms with van der Waals surface area (Å²) in [5.41, 5.74) is 3.52. The van der Waals surface area contributed by atoms with Gasteiger partial charge in [0.2, 0.25) is 11.8 Å². The first-order chi connectivity index (χ1) is 11.0. The quantitative estimate of drug-likeness (QED) is 0.892. The predicted molar refractivity (Wildman–Crippen MR) is 93.8 cm³/mol. The Morgan fingerprint density at radius 2 is 1.74 bits per heavy atom. The van der Waals surface area contributed by atoms with E-state index in [0.29, 0.717) is 0 Å². The molecule has 2 aromatic carbocycles. The van der Waals surface area contributed by atoms with Gasteiger partial charge in [-0.25, -0.2) is 0 Å². The van der Waals surface area contributed by atoms with Gasteiger partial charge in [-0.1, -0.05) is 12.1 Å². The van der Waals surface area contributed by atoms with Gasteiger partial charge >= 0.3 is 0 Å². The predicted octanol–water partition coefficient (Wildman–Crippen LogP) is 3.03. The van der Waals surface area contributed by atoms with Gasteiger partial charge in [0, 0.05) is 31.0 Å². The Kier molecular flexibility index (Phi) is 5.36. The van der Waals surface area contributed by atoms with Crippen molar-refractivity contribution < 1.29 is 9.59 Å². The molecule has 2 amide bonds. The highest BCUT2D eigenvalue weighted by atomic mass is 16.2. The number of aryl methyl sites for hydroxylation is 1. The summed E-state index contributed by atoms with van der Waals surface area (Å²) in [4.78, 5) is 24.8. The van der Waals surface area contributed by atoms with Crippen LogP contribution >= 0.6 is 0 Å². The molecule has 0 aliphatic carbocycles. The molecule has 2 aromatic rings. The van der Waals surface area contributed by atoms with Crippen LogP contribution in [0.15, 0.2) is 48.5 Å². The summed E-state index contributed by atoms with van der Waals surface area (Å²) in [6, 6.07) is 15.0. The van der Waals surface area contributed by atoms with Crippen molar-refractivity contribution in [1.29, 1.82) is 0 Å². The van der Waals surface area contributed by atoms with Crippen molar-refractivity contribution in [3.8, 4) is 0 Å². The maximum Gasteiger partial charge on any atom is 0.243 e. The first-order valence-corrected chi connectivity index (χ1v) is 7.40. The van der Waals surface area contributed by atoms with Crippen LogP contribution in [-0.4, -0.2) is 25.4 Å². The molecule has 0 saturated carbocycles. The lowest BCUT2D eigenvalue weighted by Crippen LogP contribution is -2.23. The van der Waals surface area contributed by atoms with Gasteiger partial charge in [0.05, 0.1) is 6.54 Å². The van der Waals surface area contributed by atoms with Gasteiger partial charge in [-0.2, -0.15) is 0 Å². The Labute approximate surface area is 136 Å². The third-order valence-electron chi connectivity index (χ3n) is 3.48. The van der Waals surface area contributed by atoms with E-state index in [9.17, 15) is 9.59 Å². The van der Waals surface area contributed by atoms with Crippen molar-refractivity contribution in [3.05, 3.63) is 54.1 Å². The molecule has 23 heavy (non-hydrogen) atoms. The molecule has 0 aromatic heterocycles. The van der Waals surface area contributed by atoms with Crippen molar-refractivity contribution in [2.45, 2.75) is 13.8 Å². The van der Waals surface area contributed by atoms with E-state index in [2.05, 4.69) is 10.6 Å². The average molecular weight is 311 g/mol. The van der Waals surface area contributed by atoms with Crippen LogP contribution < -0.4 is 15.5 Å². The highest BCUT2D eigenvalue weighted by molar-refractivity contribution is 5.94. The molecular formula is C18H21N3O2. The minimum atomic E-state index is -0.111. The Morgan fingerprint density at radius 1 is 1.04 bits per heavy atom. The molecule has 0 heterocycles. The summed E-state index contributed by atoms with van der Waals surface area (Å²) in [6.45, 7) is 3.67. The van der Waals surface area contributed by atoms with Crippen molar-refractivity contribution in [3.63, 3.8) is 0 Å². The van der Waals surface area contributed by atoms with Crippen LogP contribution in [0.5, 0.6) is 0 Å². The molecule has 5 heteroatoms. The second kappa shape index (κ2) is 7.45. The summed E-state index contributed by atoms with van der Waals surface area (Å²) in [5, 5.41) is 5.90. The number of nitrogens with one attached hydrogen (secondary N) is 2. The zero-order chi connectivity index (χ0) is 16.8. The Bertz CT molecular complexity index is 696. The van der Waals surface area contributed by atoms with E-state index in [1.54, 1.807) is 11.9 Å². The summed E-state index contributed by atoms with van der Waals surface area (Å²) in [5.74, 6) is -0.135. The highest BCUT2D eigenvalue weighted by Crippen LogP contribution is 2.17. The smallest absolute Gasteiger partial charge is 0.243 e. The van der Waals surface area contributed by atoms with Crippen molar-refractivity contribution in [2.24, 2.45) is 0 Å². The molecule has 0 atom stereocenters. The lowest BCUT2D eigenvalue weighted by atomic mass is 10.2. The van der Waals surface area contributed by atoms with Crippen molar-refractivity contribution >= 4 is 28.9 Å².